The topological polar surface area (TPSA) is 75.3 Å². The first-order valence-corrected chi connectivity index (χ1v) is 7.64. The monoisotopic (exact) mass is 310 g/mol. The first-order valence-electron chi connectivity index (χ1n) is 7.26. The molecule has 1 aliphatic carbocycles. The Morgan fingerprint density at radius 2 is 1.90 bits per heavy atom. The zero-order valence-corrected chi connectivity index (χ0v) is 13.3. The van der Waals surface area contributed by atoms with Gasteiger partial charge in [-0.05, 0) is 49.3 Å². The van der Waals surface area contributed by atoms with Gasteiger partial charge in [0.15, 0.2) is 0 Å². The highest BCUT2D eigenvalue weighted by Gasteiger charge is 2.36. The van der Waals surface area contributed by atoms with E-state index in [9.17, 15) is 9.90 Å². The summed E-state index contributed by atoms with van der Waals surface area (Å²) in [5, 5.41) is 13.8. The van der Waals surface area contributed by atoms with E-state index in [1.165, 1.54) is 0 Å². The van der Waals surface area contributed by atoms with Gasteiger partial charge in [0.1, 0.15) is 0 Å². The highest BCUT2D eigenvalue weighted by Crippen LogP contribution is 2.39. The lowest BCUT2D eigenvalue weighted by Crippen LogP contribution is -2.46. The van der Waals surface area contributed by atoms with Gasteiger partial charge in [-0.15, -0.1) is 0 Å². The Balaban J connectivity index is 1.95. The van der Waals surface area contributed by atoms with E-state index >= 15 is 0 Å². The molecule has 116 valence electrons. The number of anilines is 1. The van der Waals surface area contributed by atoms with Gasteiger partial charge in [0.05, 0.1) is 5.60 Å². The number of halogens is 1. The molecule has 1 aromatic carbocycles. The van der Waals surface area contributed by atoms with Crippen molar-refractivity contribution in [1.29, 1.82) is 0 Å². The third-order valence-corrected chi connectivity index (χ3v) is 4.51. The third-order valence-electron chi connectivity index (χ3n) is 4.29. The molecule has 0 bridgehead atoms. The van der Waals surface area contributed by atoms with E-state index in [2.05, 4.69) is 19.2 Å². The normalized spacial score (nSPS) is 20.0. The number of aliphatic hydroxyl groups is 1. The lowest BCUT2D eigenvalue weighted by atomic mass is 9.71. The summed E-state index contributed by atoms with van der Waals surface area (Å²) in [5.41, 5.74) is 6.01. The molecular weight excluding hydrogens is 288 g/mol. The molecule has 21 heavy (non-hydrogen) atoms. The Bertz CT molecular complexity index is 513. The summed E-state index contributed by atoms with van der Waals surface area (Å²) in [5.74, 6) is -0.262. The largest absolute Gasteiger partial charge is 0.399 e. The van der Waals surface area contributed by atoms with Crippen molar-refractivity contribution in [1.82, 2.24) is 5.32 Å². The number of hydrogen-bond donors (Lipinski definition) is 3. The average molecular weight is 311 g/mol. The van der Waals surface area contributed by atoms with Gasteiger partial charge in [-0.25, -0.2) is 0 Å². The number of carbonyl (C=O) groups excluding carboxylic acids is 1. The van der Waals surface area contributed by atoms with Crippen LogP contribution in [0.2, 0.25) is 5.02 Å². The second kappa shape index (κ2) is 5.85. The summed E-state index contributed by atoms with van der Waals surface area (Å²) in [6, 6.07) is 4.74. The van der Waals surface area contributed by atoms with Crippen LogP contribution in [0.3, 0.4) is 0 Å². The molecule has 4 N–H and O–H groups in total. The molecule has 2 rings (SSSR count). The van der Waals surface area contributed by atoms with Crippen LogP contribution in [0.4, 0.5) is 5.69 Å². The number of carbonyl (C=O) groups is 1. The molecule has 0 aromatic heterocycles. The molecule has 4 nitrogen and oxygen atoms in total. The van der Waals surface area contributed by atoms with Crippen LogP contribution < -0.4 is 11.1 Å². The predicted octanol–water partition coefficient (Wildman–Crippen LogP) is 2.98. The highest BCUT2D eigenvalue weighted by atomic mass is 35.5. The average Bonchev–Trinajstić information content (AvgIpc) is 2.39. The van der Waals surface area contributed by atoms with Crippen molar-refractivity contribution in [2.75, 3.05) is 12.3 Å². The van der Waals surface area contributed by atoms with E-state index in [4.69, 9.17) is 17.3 Å². The standard InChI is InChI=1S/C16H23ClN2O2/c1-15(2)3-5-16(21,6-4-15)10-19-14(20)11-7-12(17)9-13(18)8-11/h7-9,21H,3-6,10,18H2,1-2H3,(H,19,20). The van der Waals surface area contributed by atoms with Crippen molar-refractivity contribution in [3.8, 4) is 0 Å². The Hall–Kier alpha value is -1.26. The lowest BCUT2D eigenvalue weighted by molar-refractivity contribution is -0.0233. The van der Waals surface area contributed by atoms with Crippen molar-refractivity contribution in [2.24, 2.45) is 5.41 Å². The van der Waals surface area contributed by atoms with Gasteiger partial charge in [-0.1, -0.05) is 25.4 Å². The van der Waals surface area contributed by atoms with Gasteiger partial charge in [0.2, 0.25) is 0 Å². The van der Waals surface area contributed by atoms with Crippen molar-refractivity contribution >= 4 is 23.2 Å². The minimum Gasteiger partial charge on any atom is -0.399 e. The summed E-state index contributed by atoms with van der Waals surface area (Å²) in [6.07, 6.45) is 3.34. The number of nitrogens with one attached hydrogen (secondary N) is 1. The molecule has 0 spiro atoms. The molecule has 1 fully saturated rings. The number of nitrogens with two attached hydrogens (primary N) is 1. The molecular formula is C16H23ClN2O2. The van der Waals surface area contributed by atoms with Crippen molar-refractivity contribution < 1.29 is 9.90 Å². The third kappa shape index (κ3) is 4.35. The number of benzene rings is 1. The maximum atomic E-state index is 12.1. The molecule has 0 aliphatic heterocycles. The van der Waals surface area contributed by atoms with E-state index in [0.29, 0.717) is 29.1 Å². The first-order chi connectivity index (χ1) is 9.69. The van der Waals surface area contributed by atoms with Gasteiger partial charge in [-0.2, -0.15) is 0 Å². The molecule has 1 saturated carbocycles. The fourth-order valence-electron chi connectivity index (χ4n) is 2.66. The van der Waals surface area contributed by atoms with Gasteiger partial charge in [-0.3, -0.25) is 4.79 Å². The zero-order chi connectivity index (χ0) is 15.7. The van der Waals surface area contributed by atoms with Crippen molar-refractivity contribution in [3.63, 3.8) is 0 Å². The minimum atomic E-state index is -0.810. The summed E-state index contributed by atoms with van der Waals surface area (Å²) in [4.78, 5) is 12.1. The molecule has 0 radical (unpaired) electrons. The molecule has 1 amide bonds. The van der Waals surface area contributed by atoms with Crippen LogP contribution >= 0.6 is 11.6 Å². The number of nitrogen functional groups attached to an aromatic ring is 1. The smallest absolute Gasteiger partial charge is 0.251 e. The van der Waals surface area contributed by atoms with Crippen LogP contribution in [0.15, 0.2) is 18.2 Å². The Kier molecular flexibility index (Phi) is 4.49. The van der Waals surface area contributed by atoms with E-state index in [-0.39, 0.29) is 17.9 Å². The van der Waals surface area contributed by atoms with Gasteiger partial charge < -0.3 is 16.2 Å². The fraction of sp³-hybridized carbons (Fsp3) is 0.562. The molecule has 0 heterocycles. The van der Waals surface area contributed by atoms with Gasteiger partial charge in [0, 0.05) is 22.8 Å². The Labute approximate surface area is 130 Å². The van der Waals surface area contributed by atoms with E-state index in [0.717, 1.165) is 12.8 Å². The lowest BCUT2D eigenvalue weighted by Gasteiger charge is -2.40. The number of amides is 1. The second-order valence-corrected chi connectivity index (χ2v) is 7.28. The van der Waals surface area contributed by atoms with Gasteiger partial charge in [0.25, 0.3) is 5.91 Å². The maximum absolute atomic E-state index is 12.1. The van der Waals surface area contributed by atoms with E-state index in [1.54, 1.807) is 18.2 Å². The summed E-state index contributed by atoms with van der Waals surface area (Å²) >= 11 is 5.89. The summed E-state index contributed by atoms with van der Waals surface area (Å²) in [6.45, 7) is 4.67. The molecule has 0 atom stereocenters. The van der Waals surface area contributed by atoms with Crippen LogP contribution in [-0.2, 0) is 0 Å². The summed E-state index contributed by atoms with van der Waals surface area (Å²) in [7, 11) is 0. The Morgan fingerprint density at radius 3 is 2.48 bits per heavy atom. The minimum absolute atomic E-state index is 0.258. The number of rotatable bonds is 3. The van der Waals surface area contributed by atoms with Crippen LogP contribution in [0.1, 0.15) is 49.9 Å². The quantitative estimate of drug-likeness (QED) is 0.751. The second-order valence-electron chi connectivity index (χ2n) is 6.84. The Morgan fingerprint density at radius 1 is 1.29 bits per heavy atom. The van der Waals surface area contributed by atoms with E-state index in [1.807, 2.05) is 0 Å². The molecule has 1 aromatic rings. The SMILES string of the molecule is CC1(C)CCC(O)(CNC(=O)c2cc(N)cc(Cl)c2)CC1. The number of hydrogen-bond acceptors (Lipinski definition) is 3. The maximum Gasteiger partial charge on any atom is 0.251 e. The highest BCUT2D eigenvalue weighted by molar-refractivity contribution is 6.31. The van der Waals surface area contributed by atoms with Crippen LogP contribution in [0, 0.1) is 5.41 Å². The van der Waals surface area contributed by atoms with Crippen LogP contribution in [0.5, 0.6) is 0 Å². The van der Waals surface area contributed by atoms with Crippen molar-refractivity contribution in [3.05, 3.63) is 28.8 Å². The van der Waals surface area contributed by atoms with Crippen molar-refractivity contribution in [2.45, 2.75) is 45.1 Å². The fourth-order valence-corrected chi connectivity index (χ4v) is 2.90. The zero-order valence-electron chi connectivity index (χ0n) is 12.6. The van der Waals surface area contributed by atoms with E-state index < -0.39 is 5.60 Å². The summed E-state index contributed by atoms with van der Waals surface area (Å²) < 4.78 is 0. The van der Waals surface area contributed by atoms with Gasteiger partial charge >= 0.3 is 0 Å². The predicted molar refractivity (Wildman–Crippen MR) is 85.4 cm³/mol. The molecule has 0 unspecified atom stereocenters. The molecule has 5 heteroatoms. The van der Waals surface area contributed by atoms with Crippen LogP contribution in [-0.4, -0.2) is 23.2 Å². The first kappa shape index (κ1) is 16.1. The molecule has 0 saturated heterocycles. The van der Waals surface area contributed by atoms with Crippen LogP contribution in [0.25, 0.3) is 0 Å². The molecule has 1 aliphatic rings.